The maximum Gasteiger partial charge on any atom is 0.106 e. The first-order valence-corrected chi connectivity index (χ1v) is 6.45. The summed E-state index contributed by atoms with van der Waals surface area (Å²) in [6, 6.07) is 5.97. The number of rotatable bonds is 5. The standard InChI is InChI=1S/C14H21N3O/c1-4-7-15-9-14(18)11-5-6-13-12(8-11)16-10(2)17(13)3/h5-6,8,14-15,18H,4,7,9H2,1-3H3. The van der Waals surface area contributed by atoms with Gasteiger partial charge in [0.2, 0.25) is 0 Å². The van der Waals surface area contributed by atoms with Crippen LogP contribution >= 0.6 is 0 Å². The van der Waals surface area contributed by atoms with Crippen LogP contribution in [0.25, 0.3) is 11.0 Å². The molecule has 0 aliphatic rings. The van der Waals surface area contributed by atoms with Gasteiger partial charge in [-0.1, -0.05) is 13.0 Å². The van der Waals surface area contributed by atoms with Crippen LogP contribution in [0.2, 0.25) is 0 Å². The molecule has 4 heteroatoms. The molecule has 1 aromatic heterocycles. The molecule has 2 rings (SSSR count). The Hall–Kier alpha value is -1.39. The van der Waals surface area contributed by atoms with E-state index in [0.29, 0.717) is 6.54 Å². The van der Waals surface area contributed by atoms with Gasteiger partial charge in [0.1, 0.15) is 5.82 Å². The van der Waals surface area contributed by atoms with Crippen LogP contribution in [0.4, 0.5) is 0 Å². The topological polar surface area (TPSA) is 50.1 Å². The molecule has 1 unspecified atom stereocenters. The molecule has 0 amide bonds. The highest BCUT2D eigenvalue weighted by atomic mass is 16.3. The average Bonchev–Trinajstić information content (AvgIpc) is 2.65. The lowest BCUT2D eigenvalue weighted by molar-refractivity contribution is 0.175. The zero-order chi connectivity index (χ0) is 13.1. The van der Waals surface area contributed by atoms with E-state index < -0.39 is 6.10 Å². The predicted molar refractivity (Wildman–Crippen MR) is 73.6 cm³/mol. The molecule has 0 saturated heterocycles. The normalized spacial score (nSPS) is 13.1. The molecule has 0 bridgehead atoms. The Balaban J connectivity index is 2.19. The second-order valence-corrected chi connectivity index (χ2v) is 4.69. The summed E-state index contributed by atoms with van der Waals surface area (Å²) < 4.78 is 2.06. The third-order valence-electron chi connectivity index (χ3n) is 3.28. The van der Waals surface area contributed by atoms with E-state index in [0.717, 1.165) is 35.4 Å². The Labute approximate surface area is 108 Å². The SMILES string of the molecule is CCCNCC(O)c1ccc2c(c1)nc(C)n2C. The predicted octanol–water partition coefficient (Wildman–Crippen LogP) is 1.91. The Morgan fingerprint density at radius 3 is 2.94 bits per heavy atom. The van der Waals surface area contributed by atoms with Gasteiger partial charge in [-0.05, 0) is 37.6 Å². The molecule has 2 aromatic rings. The van der Waals surface area contributed by atoms with Gasteiger partial charge in [0.15, 0.2) is 0 Å². The molecule has 1 heterocycles. The van der Waals surface area contributed by atoms with Gasteiger partial charge in [-0.3, -0.25) is 0 Å². The van der Waals surface area contributed by atoms with Gasteiger partial charge < -0.3 is 15.0 Å². The Bertz CT molecular complexity index is 533. The molecule has 18 heavy (non-hydrogen) atoms. The number of aromatic nitrogens is 2. The molecule has 0 fully saturated rings. The minimum atomic E-state index is -0.469. The molecule has 0 radical (unpaired) electrons. The van der Waals surface area contributed by atoms with Gasteiger partial charge in [0.25, 0.3) is 0 Å². The number of aliphatic hydroxyl groups excluding tert-OH is 1. The first kappa shape index (κ1) is 13.1. The molecule has 0 spiro atoms. The Morgan fingerprint density at radius 2 is 2.22 bits per heavy atom. The molecule has 98 valence electrons. The van der Waals surface area contributed by atoms with Gasteiger partial charge in [-0.25, -0.2) is 4.98 Å². The van der Waals surface area contributed by atoms with Crippen molar-refractivity contribution in [1.29, 1.82) is 0 Å². The minimum Gasteiger partial charge on any atom is -0.387 e. The molecular weight excluding hydrogens is 226 g/mol. The molecule has 0 saturated carbocycles. The summed E-state index contributed by atoms with van der Waals surface area (Å²) in [7, 11) is 2.00. The largest absolute Gasteiger partial charge is 0.387 e. The van der Waals surface area contributed by atoms with Gasteiger partial charge in [0, 0.05) is 13.6 Å². The Kier molecular flexibility index (Phi) is 3.99. The first-order chi connectivity index (χ1) is 8.63. The lowest BCUT2D eigenvalue weighted by Crippen LogP contribution is -2.22. The van der Waals surface area contributed by atoms with Crippen molar-refractivity contribution in [1.82, 2.24) is 14.9 Å². The smallest absolute Gasteiger partial charge is 0.106 e. The van der Waals surface area contributed by atoms with Crippen molar-refractivity contribution in [2.75, 3.05) is 13.1 Å². The van der Waals surface area contributed by atoms with Crippen LogP contribution in [0.1, 0.15) is 30.8 Å². The second kappa shape index (κ2) is 5.50. The number of nitrogens with zero attached hydrogens (tertiary/aromatic N) is 2. The summed E-state index contributed by atoms with van der Waals surface area (Å²) in [5.41, 5.74) is 2.97. The molecule has 1 atom stereocenters. The van der Waals surface area contributed by atoms with Crippen molar-refractivity contribution in [3.63, 3.8) is 0 Å². The van der Waals surface area contributed by atoms with Crippen molar-refractivity contribution in [2.45, 2.75) is 26.4 Å². The van der Waals surface area contributed by atoms with Crippen LogP contribution in [0.3, 0.4) is 0 Å². The van der Waals surface area contributed by atoms with Crippen LogP contribution in [0, 0.1) is 6.92 Å². The number of hydrogen-bond acceptors (Lipinski definition) is 3. The number of benzene rings is 1. The highest BCUT2D eigenvalue weighted by Gasteiger charge is 2.10. The third-order valence-corrected chi connectivity index (χ3v) is 3.28. The summed E-state index contributed by atoms with van der Waals surface area (Å²) in [6.45, 7) is 5.62. The summed E-state index contributed by atoms with van der Waals surface area (Å²) in [5.74, 6) is 0.987. The van der Waals surface area contributed by atoms with E-state index in [2.05, 4.69) is 21.8 Å². The molecule has 4 nitrogen and oxygen atoms in total. The summed E-state index contributed by atoms with van der Waals surface area (Å²) in [5, 5.41) is 13.3. The van der Waals surface area contributed by atoms with Crippen molar-refractivity contribution in [3.8, 4) is 0 Å². The van der Waals surface area contributed by atoms with E-state index in [4.69, 9.17) is 0 Å². The van der Waals surface area contributed by atoms with Gasteiger partial charge in [0.05, 0.1) is 17.1 Å². The monoisotopic (exact) mass is 247 g/mol. The van der Waals surface area contributed by atoms with E-state index in [1.807, 2.05) is 32.2 Å². The summed E-state index contributed by atoms with van der Waals surface area (Å²) in [6.07, 6.45) is 0.605. The highest BCUT2D eigenvalue weighted by molar-refractivity contribution is 5.76. The number of hydrogen-bond donors (Lipinski definition) is 2. The molecular formula is C14H21N3O. The highest BCUT2D eigenvalue weighted by Crippen LogP contribution is 2.20. The fourth-order valence-electron chi connectivity index (χ4n) is 2.08. The van der Waals surface area contributed by atoms with Crippen LogP contribution in [0.5, 0.6) is 0 Å². The minimum absolute atomic E-state index is 0.469. The van der Waals surface area contributed by atoms with Crippen LogP contribution in [0.15, 0.2) is 18.2 Å². The number of fused-ring (bicyclic) bond motifs is 1. The van der Waals surface area contributed by atoms with E-state index in [1.165, 1.54) is 0 Å². The number of imidazole rings is 1. The number of nitrogens with one attached hydrogen (secondary N) is 1. The molecule has 2 N–H and O–H groups in total. The average molecular weight is 247 g/mol. The summed E-state index contributed by atoms with van der Waals surface area (Å²) >= 11 is 0. The van der Waals surface area contributed by atoms with Crippen molar-refractivity contribution < 1.29 is 5.11 Å². The quantitative estimate of drug-likeness (QED) is 0.794. The fourth-order valence-corrected chi connectivity index (χ4v) is 2.08. The van der Waals surface area contributed by atoms with Crippen LogP contribution in [-0.4, -0.2) is 27.7 Å². The zero-order valence-electron chi connectivity index (χ0n) is 11.3. The maximum absolute atomic E-state index is 10.1. The van der Waals surface area contributed by atoms with Gasteiger partial charge in [-0.15, -0.1) is 0 Å². The fraction of sp³-hybridized carbons (Fsp3) is 0.500. The van der Waals surface area contributed by atoms with Crippen molar-refractivity contribution in [2.24, 2.45) is 7.05 Å². The van der Waals surface area contributed by atoms with Crippen LogP contribution in [-0.2, 0) is 7.05 Å². The van der Waals surface area contributed by atoms with E-state index >= 15 is 0 Å². The maximum atomic E-state index is 10.1. The number of aliphatic hydroxyl groups is 1. The second-order valence-electron chi connectivity index (χ2n) is 4.69. The van der Waals surface area contributed by atoms with Crippen LogP contribution < -0.4 is 5.32 Å². The van der Waals surface area contributed by atoms with E-state index in [1.54, 1.807) is 0 Å². The third kappa shape index (κ3) is 2.54. The lowest BCUT2D eigenvalue weighted by atomic mass is 10.1. The Morgan fingerprint density at radius 1 is 1.44 bits per heavy atom. The van der Waals surface area contributed by atoms with Gasteiger partial charge in [-0.2, -0.15) is 0 Å². The first-order valence-electron chi connectivity index (χ1n) is 6.45. The van der Waals surface area contributed by atoms with Gasteiger partial charge >= 0.3 is 0 Å². The summed E-state index contributed by atoms with van der Waals surface area (Å²) in [4.78, 5) is 4.48. The van der Waals surface area contributed by atoms with Crippen molar-refractivity contribution >= 4 is 11.0 Å². The zero-order valence-corrected chi connectivity index (χ0v) is 11.3. The molecule has 0 aliphatic heterocycles. The number of aryl methyl sites for hydroxylation is 2. The van der Waals surface area contributed by atoms with Crippen molar-refractivity contribution in [3.05, 3.63) is 29.6 Å². The van der Waals surface area contributed by atoms with E-state index in [-0.39, 0.29) is 0 Å². The lowest BCUT2D eigenvalue weighted by Gasteiger charge is -2.11. The molecule has 1 aromatic carbocycles. The van der Waals surface area contributed by atoms with E-state index in [9.17, 15) is 5.11 Å². The molecule has 0 aliphatic carbocycles.